The van der Waals surface area contributed by atoms with Gasteiger partial charge in [0, 0.05) is 0 Å². The minimum absolute atomic E-state index is 0.224. The monoisotopic (exact) mass is 382 g/mol. The molecule has 0 aliphatic rings. The maximum absolute atomic E-state index is 11.9. The summed E-state index contributed by atoms with van der Waals surface area (Å²) in [7, 11) is 4.64. The Morgan fingerprint density at radius 2 is 1.54 bits per heavy atom. The number of aliphatic hydroxyl groups excluding tert-OH is 1. The minimum atomic E-state index is -1.13. The first-order valence-corrected chi connectivity index (χ1v) is 9.20. The van der Waals surface area contributed by atoms with Crippen LogP contribution in [-0.4, -0.2) is 72.8 Å². The Morgan fingerprint density at radius 3 is 2.00 bits per heavy atom. The van der Waals surface area contributed by atoms with Crippen LogP contribution in [0, 0.1) is 0 Å². The Labute approximate surface area is 148 Å². The summed E-state index contributed by atoms with van der Waals surface area (Å²) >= 11 is 0. The van der Waals surface area contributed by atoms with E-state index in [-0.39, 0.29) is 12.5 Å². The summed E-state index contributed by atoms with van der Waals surface area (Å²) in [4.78, 5) is 45.9. The molecule has 0 saturated heterocycles. The lowest BCUT2D eigenvalue weighted by atomic mass is 10.3. The van der Waals surface area contributed by atoms with E-state index in [1.807, 2.05) is 0 Å². The van der Waals surface area contributed by atoms with Gasteiger partial charge in [-0.1, -0.05) is 21.6 Å². The summed E-state index contributed by atoms with van der Waals surface area (Å²) in [6, 6.07) is -1.13. The van der Waals surface area contributed by atoms with Crippen molar-refractivity contribution >= 4 is 45.3 Å². The highest BCUT2D eigenvalue weighted by Gasteiger charge is 2.25. The lowest BCUT2D eigenvalue weighted by molar-refractivity contribution is -0.146. The van der Waals surface area contributed by atoms with Crippen LogP contribution in [0.25, 0.3) is 0 Å². The maximum atomic E-state index is 11.9. The van der Waals surface area contributed by atoms with Crippen molar-refractivity contribution < 1.29 is 33.8 Å². The summed E-state index contributed by atoms with van der Waals surface area (Å²) in [5.41, 5.74) is 0. The number of ether oxygens (including phenoxy) is 2. The number of rotatable bonds is 10. The fourth-order valence-electron chi connectivity index (χ4n) is 1.24. The number of hydrogen-bond donors (Lipinski definition) is 3. The predicted molar refractivity (Wildman–Crippen MR) is 90.2 cm³/mol. The standard InChI is InChI=1S/C13H22N2O7S2/c1-7(11(18)14-5-10(17)21-3)23-24-8(2)12(19)15-9(6-16)13(20)22-4/h7-9,16H,5-6H2,1-4H3,(H,14,18)(H,15,19). The van der Waals surface area contributed by atoms with Gasteiger partial charge in [-0.2, -0.15) is 0 Å². The minimum Gasteiger partial charge on any atom is -0.468 e. The van der Waals surface area contributed by atoms with E-state index in [4.69, 9.17) is 5.11 Å². The molecule has 3 unspecified atom stereocenters. The molecular weight excluding hydrogens is 360 g/mol. The summed E-state index contributed by atoms with van der Waals surface area (Å²) in [6.45, 7) is 2.42. The topological polar surface area (TPSA) is 131 Å². The van der Waals surface area contributed by atoms with Gasteiger partial charge in [-0.25, -0.2) is 4.79 Å². The smallest absolute Gasteiger partial charge is 0.330 e. The first-order chi connectivity index (χ1) is 11.3. The van der Waals surface area contributed by atoms with E-state index < -0.39 is 41.0 Å². The molecule has 0 aromatic rings. The zero-order valence-corrected chi connectivity index (χ0v) is 15.5. The molecule has 0 bridgehead atoms. The first kappa shape index (κ1) is 22.5. The Bertz CT molecular complexity index is 462. The van der Waals surface area contributed by atoms with E-state index in [0.717, 1.165) is 28.7 Å². The largest absolute Gasteiger partial charge is 0.468 e. The lowest BCUT2D eigenvalue weighted by Gasteiger charge is -2.18. The van der Waals surface area contributed by atoms with E-state index in [9.17, 15) is 19.2 Å². The van der Waals surface area contributed by atoms with Crippen LogP contribution >= 0.6 is 21.6 Å². The third-order valence-electron chi connectivity index (χ3n) is 2.70. The van der Waals surface area contributed by atoms with Crippen LogP contribution in [0.4, 0.5) is 0 Å². The highest BCUT2D eigenvalue weighted by Crippen LogP contribution is 2.31. The second-order valence-electron chi connectivity index (χ2n) is 4.54. The van der Waals surface area contributed by atoms with E-state index in [2.05, 4.69) is 20.1 Å². The number of amides is 2. The van der Waals surface area contributed by atoms with Crippen molar-refractivity contribution in [2.24, 2.45) is 0 Å². The molecule has 3 atom stereocenters. The number of nitrogens with one attached hydrogen (secondary N) is 2. The van der Waals surface area contributed by atoms with Crippen LogP contribution < -0.4 is 10.6 Å². The first-order valence-electron chi connectivity index (χ1n) is 6.92. The molecule has 0 radical (unpaired) electrons. The second-order valence-corrected chi connectivity index (χ2v) is 7.49. The van der Waals surface area contributed by atoms with Gasteiger partial charge in [0.2, 0.25) is 11.8 Å². The Hall–Kier alpha value is -1.46. The van der Waals surface area contributed by atoms with Crippen LogP contribution in [-0.2, 0) is 28.7 Å². The quantitative estimate of drug-likeness (QED) is 0.324. The molecule has 0 aromatic heterocycles. The molecular formula is C13H22N2O7S2. The van der Waals surface area contributed by atoms with E-state index in [1.165, 1.54) is 7.11 Å². The molecule has 2 amide bonds. The zero-order chi connectivity index (χ0) is 18.7. The van der Waals surface area contributed by atoms with Crippen molar-refractivity contribution in [3.05, 3.63) is 0 Å². The molecule has 0 rings (SSSR count). The SMILES string of the molecule is COC(=O)CNC(=O)C(C)SSC(C)C(=O)NC(CO)C(=O)OC. The van der Waals surface area contributed by atoms with Crippen molar-refractivity contribution in [1.82, 2.24) is 10.6 Å². The van der Waals surface area contributed by atoms with Gasteiger partial charge in [0.05, 0.1) is 31.3 Å². The number of methoxy groups -OCH3 is 2. The molecule has 11 heteroatoms. The molecule has 0 fully saturated rings. The fourth-order valence-corrected chi connectivity index (χ4v) is 3.42. The van der Waals surface area contributed by atoms with E-state index >= 15 is 0 Å². The number of esters is 2. The van der Waals surface area contributed by atoms with E-state index in [0.29, 0.717) is 0 Å². The highest BCUT2D eigenvalue weighted by atomic mass is 33.1. The highest BCUT2D eigenvalue weighted by molar-refractivity contribution is 8.77. The summed E-state index contributed by atoms with van der Waals surface area (Å²) in [5, 5.41) is 12.7. The van der Waals surface area contributed by atoms with Gasteiger partial charge in [0.1, 0.15) is 6.54 Å². The Balaban J connectivity index is 4.28. The fraction of sp³-hybridized carbons (Fsp3) is 0.692. The number of aliphatic hydroxyl groups is 1. The number of carbonyl (C=O) groups excluding carboxylic acids is 4. The van der Waals surface area contributed by atoms with Gasteiger partial charge in [-0.05, 0) is 13.8 Å². The van der Waals surface area contributed by atoms with Crippen molar-refractivity contribution in [2.75, 3.05) is 27.4 Å². The number of hydrogen-bond acceptors (Lipinski definition) is 9. The van der Waals surface area contributed by atoms with Gasteiger partial charge in [0.15, 0.2) is 6.04 Å². The molecule has 0 aliphatic carbocycles. The van der Waals surface area contributed by atoms with E-state index in [1.54, 1.807) is 13.8 Å². The van der Waals surface area contributed by atoms with Gasteiger partial charge in [-0.3, -0.25) is 14.4 Å². The molecule has 9 nitrogen and oxygen atoms in total. The Kier molecular flexibility index (Phi) is 11.3. The van der Waals surface area contributed by atoms with Crippen molar-refractivity contribution in [2.45, 2.75) is 30.4 Å². The molecule has 0 aliphatic heterocycles. The van der Waals surface area contributed by atoms with Crippen LogP contribution in [0.1, 0.15) is 13.8 Å². The van der Waals surface area contributed by atoms with Gasteiger partial charge < -0.3 is 25.2 Å². The average Bonchev–Trinajstić information content (AvgIpc) is 2.60. The summed E-state index contributed by atoms with van der Waals surface area (Å²) < 4.78 is 8.86. The van der Waals surface area contributed by atoms with Gasteiger partial charge >= 0.3 is 11.9 Å². The lowest BCUT2D eigenvalue weighted by Crippen LogP contribution is -2.46. The van der Waals surface area contributed by atoms with Crippen molar-refractivity contribution in [1.29, 1.82) is 0 Å². The zero-order valence-electron chi connectivity index (χ0n) is 13.9. The third kappa shape index (κ3) is 8.41. The molecule has 3 N–H and O–H groups in total. The molecule has 24 heavy (non-hydrogen) atoms. The normalized spacial score (nSPS) is 14.0. The number of carbonyl (C=O) groups is 4. The van der Waals surface area contributed by atoms with Crippen LogP contribution in [0.5, 0.6) is 0 Å². The van der Waals surface area contributed by atoms with Crippen LogP contribution in [0.3, 0.4) is 0 Å². The Morgan fingerprint density at radius 1 is 1.00 bits per heavy atom. The third-order valence-corrected chi connectivity index (χ3v) is 5.88. The second kappa shape index (κ2) is 12.0. The molecule has 0 aromatic carbocycles. The van der Waals surface area contributed by atoms with Crippen LogP contribution in [0.15, 0.2) is 0 Å². The van der Waals surface area contributed by atoms with Gasteiger partial charge in [0.25, 0.3) is 0 Å². The molecule has 0 heterocycles. The molecule has 0 saturated carbocycles. The van der Waals surface area contributed by atoms with Crippen molar-refractivity contribution in [3.63, 3.8) is 0 Å². The van der Waals surface area contributed by atoms with Crippen LogP contribution in [0.2, 0.25) is 0 Å². The predicted octanol–water partition coefficient (Wildman–Crippen LogP) is -0.916. The summed E-state index contributed by atoms with van der Waals surface area (Å²) in [5.74, 6) is -2.14. The summed E-state index contributed by atoms with van der Waals surface area (Å²) in [6.07, 6.45) is 0. The molecule has 138 valence electrons. The molecule has 0 spiro atoms. The van der Waals surface area contributed by atoms with Gasteiger partial charge in [-0.15, -0.1) is 0 Å². The van der Waals surface area contributed by atoms with Crippen molar-refractivity contribution in [3.8, 4) is 0 Å². The average molecular weight is 382 g/mol. The maximum Gasteiger partial charge on any atom is 0.330 e.